The average Bonchev–Trinajstić information content (AvgIpc) is 3.34. The van der Waals surface area contributed by atoms with Crippen LogP contribution in [0.3, 0.4) is 0 Å². The van der Waals surface area contributed by atoms with E-state index in [4.69, 9.17) is 16.7 Å². The van der Waals surface area contributed by atoms with Crippen LogP contribution in [0.4, 0.5) is 0 Å². The summed E-state index contributed by atoms with van der Waals surface area (Å²) in [4.78, 5) is 15.3. The minimum absolute atomic E-state index is 0.0469. The Kier molecular flexibility index (Phi) is 5.51. The fraction of sp³-hybridized carbons (Fsp3) is 0.391. The zero-order chi connectivity index (χ0) is 19.7. The number of nitrogens with zero attached hydrogens (tertiary/aromatic N) is 3. The van der Waals surface area contributed by atoms with Crippen molar-refractivity contribution in [3.63, 3.8) is 0 Å². The van der Waals surface area contributed by atoms with Crippen LogP contribution in [0.1, 0.15) is 47.6 Å². The fourth-order valence-corrected chi connectivity index (χ4v) is 4.29. The Bertz CT molecular complexity index is 918. The third-order valence-electron chi connectivity index (χ3n) is 5.83. The maximum Gasteiger partial charge on any atom is 0.257 e. The van der Waals surface area contributed by atoms with Crippen LogP contribution >= 0.6 is 11.6 Å². The van der Waals surface area contributed by atoms with Gasteiger partial charge in [-0.2, -0.15) is 5.10 Å². The van der Waals surface area contributed by atoms with Crippen LogP contribution in [-0.2, 0) is 4.79 Å². The fourth-order valence-electron chi connectivity index (χ4n) is 4.03. The molecule has 1 saturated heterocycles. The summed E-state index contributed by atoms with van der Waals surface area (Å²) in [5.74, 6) is 0.0469. The second kappa shape index (κ2) is 8.06. The number of hydrazone groups is 1. The molecule has 2 aliphatic rings. The number of benzene rings is 2. The standard InChI is InChI=1S/C23H26ClN3O/c1-16-9-10-18(13-17(16)2)21-14-22(19-7-3-4-8-20(19)24)27(25-21)23(28)15-26-11-5-6-12-26/h3-4,7-10,13,22H,5-6,11-12,14-15H2,1-2H3/t22-/m1/s1. The maximum atomic E-state index is 13.1. The second-order valence-electron chi connectivity index (χ2n) is 7.81. The second-order valence-corrected chi connectivity index (χ2v) is 8.22. The highest BCUT2D eigenvalue weighted by molar-refractivity contribution is 6.31. The van der Waals surface area contributed by atoms with Crippen LogP contribution in [0.5, 0.6) is 0 Å². The molecule has 0 aromatic heterocycles. The quantitative estimate of drug-likeness (QED) is 0.750. The van der Waals surface area contributed by atoms with Crippen LogP contribution in [0.2, 0.25) is 5.02 Å². The third-order valence-corrected chi connectivity index (χ3v) is 6.17. The largest absolute Gasteiger partial charge is 0.294 e. The van der Waals surface area contributed by atoms with Gasteiger partial charge in [0.25, 0.3) is 5.91 Å². The summed E-state index contributed by atoms with van der Waals surface area (Å²) in [6.07, 6.45) is 3.01. The van der Waals surface area contributed by atoms with E-state index in [0.717, 1.165) is 29.9 Å². The van der Waals surface area contributed by atoms with Crippen molar-refractivity contribution in [1.29, 1.82) is 0 Å². The molecule has 2 aromatic rings. The van der Waals surface area contributed by atoms with E-state index in [1.807, 2.05) is 24.3 Å². The van der Waals surface area contributed by atoms with Gasteiger partial charge in [0.05, 0.1) is 18.3 Å². The van der Waals surface area contributed by atoms with Gasteiger partial charge in [-0.05, 0) is 74.2 Å². The van der Waals surface area contributed by atoms with E-state index in [-0.39, 0.29) is 11.9 Å². The minimum Gasteiger partial charge on any atom is -0.294 e. The molecular weight excluding hydrogens is 370 g/mol. The summed E-state index contributed by atoms with van der Waals surface area (Å²) in [5.41, 5.74) is 5.48. The molecular formula is C23H26ClN3O. The van der Waals surface area contributed by atoms with Gasteiger partial charge in [0, 0.05) is 11.4 Å². The normalized spacial score (nSPS) is 19.9. The molecule has 2 aromatic carbocycles. The highest BCUT2D eigenvalue weighted by Crippen LogP contribution is 2.36. The zero-order valence-corrected chi connectivity index (χ0v) is 17.2. The summed E-state index contributed by atoms with van der Waals surface area (Å²) in [6.45, 7) is 6.61. The molecule has 1 amide bonds. The highest BCUT2D eigenvalue weighted by atomic mass is 35.5. The number of amides is 1. The molecule has 0 radical (unpaired) electrons. The summed E-state index contributed by atoms with van der Waals surface area (Å²) in [5, 5.41) is 7.14. The molecule has 0 spiro atoms. The summed E-state index contributed by atoms with van der Waals surface area (Å²) in [6, 6.07) is 14.0. The van der Waals surface area contributed by atoms with Crippen molar-refractivity contribution in [3.05, 3.63) is 69.7 Å². The van der Waals surface area contributed by atoms with Crippen LogP contribution in [0.25, 0.3) is 0 Å². The Morgan fingerprint density at radius 3 is 2.57 bits per heavy atom. The number of carbonyl (C=O) groups is 1. The first-order chi connectivity index (χ1) is 13.5. The molecule has 4 rings (SSSR count). The van der Waals surface area contributed by atoms with Crippen molar-refractivity contribution >= 4 is 23.2 Å². The average molecular weight is 396 g/mol. The van der Waals surface area contributed by atoms with Gasteiger partial charge in [-0.15, -0.1) is 0 Å². The number of hydrogen-bond acceptors (Lipinski definition) is 3. The van der Waals surface area contributed by atoms with Crippen LogP contribution < -0.4 is 0 Å². The van der Waals surface area contributed by atoms with Crippen LogP contribution in [0.15, 0.2) is 47.6 Å². The van der Waals surface area contributed by atoms with Gasteiger partial charge in [0.2, 0.25) is 0 Å². The van der Waals surface area contributed by atoms with Crippen LogP contribution in [0, 0.1) is 13.8 Å². The lowest BCUT2D eigenvalue weighted by Crippen LogP contribution is -2.37. The molecule has 1 atom stereocenters. The Morgan fingerprint density at radius 1 is 1.11 bits per heavy atom. The third kappa shape index (κ3) is 3.85. The van der Waals surface area contributed by atoms with Gasteiger partial charge in [-0.3, -0.25) is 9.69 Å². The van der Waals surface area contributed by atoms with Gasteiger partial charge >= 0.3 is 0 Å². The molecule has 0 bridgehead atoms. The van der Waals surface area contributed by atoms with Crippen molar-refractivity contribution in [1.82, 2.24) is 9.91 Å². The minimum atomic E-state index is -0.152. The highest BCUT2D eigenvalue weighted by Gasteiger charge is 2.35. The molecule has 1 fully saturated rings. The lowest BCUT2D eigenvalue weighted by Gasteiger charge is -2.25. The van der Waals surface area contributed by atoms with Gasteiger partial charge in [0.15, 0.2) is 0 Å². The van der Waals surface area contributed by atoms with Crippen molar-refractivity contribution in [2.24, 2.45) is 5.10 Å². The predicted molar refractivity (Wildman–Crippen MR) is 114 cm³/mol. The van der Waals surface area contributed by atoms with E-state index in [1.54, 1.807) is 5.01 Å². The van der Waals surface area contributed by atoms with Gasteiger partial charge < -0.3 is 0 Å². The first-order valence-corrected chi connectivity index (χ1v) is 10.3. The topological polar surface area (TPSA) is 35.9 Å². The lowest BCUT2D eigenvalue weighted by atomic mass is 9.96. The summed E-state index contributed by atoms with van der Waals surface area (Å²) < 4.78 is 0. The first-order valence-electron chi connectivity index (χ1n) is 9.97. The molecule has 5 heteroatoms. The number of likely N-dealkylation sites (tertiary alicyclic amines) is 1. The van der Waals surface area contributed by atoms with Gasteiger partial charge in [-0.1, -0.05) is 41.9 Å². The van der Waals surface area contributed by atoms with Crippen molar-refractivity contribution in [2.75, 3.05) is 19.6 Å². The zero-order valence-electron chi connectivity index (χ0n) is 16.5. The maximum absolute atomic E-state index is 13.1. The van der Waals surface area contributed by atoms with Crippen molar-refractivity contribution in [3.8, 4) is 0 Å². The molecule has 2 heterocycles. The van der Waals surface area contributed by atoms with E-state index in [0.29, 0.717) is 18.0 Å². The first kappa shape index (κ1) is 19.2. The molecule has 0 saturated carbocycles. The Hall–Kier alpha value is -2.17. The predicted octanol–water partition coefficient (Wildman–Crippen LogP) is 4.73. The van der Waals surface area contributed by atoms with E-state index >= 15 is 0 Å². The van der Waals surface area contributed by atoms with E-state index in [2.05, 4.69) is 36.9 Å². The van der Waals surface area contributed by atoms with Crippen LogP contribution in [-0.4, -0.2) is 41.2 Å². The van der Waals surface area contributed by atoms with Gasteiger partial charge in [0.1, 0.15) is 0 Å². The molecule has 0 N–H and O–H groups in total. The van der Waals surface area contributed by atoms with Crippen molar-refractivity contribution < 1.29 is 4.79 Å². The van der Waals surface area contributed by atoms with Crippen molar-refractivity contribution in [2.45, 2.75) is 39.2 Å². The number of carbonyl (C=O) groups excluding carboxylic acids is 1. The number of rotatable bonds is 4. The molecule has 146 valence electrons. The van der Waals surface area contributed by atoms with E-state index in [1.165, 1.54) is 24.0 Å². The number of hydrogen-bond donors (Lipinski definition) is 0. The van der Waals surface area contributed by atoms with E-state index < -0.39 is 0 Å². The van der Waals surface area contributed by atoms with Gasteiger partial charge in [-0.25, -0.2) is 5.01 Å². The SMILES string of the molecule is Cc1ccc(C2=NN(C(=O)CN3CCCC3)[C@@H](c3ccccc3Cl)C2)cc1C. The Morgan fingerprint density at radius 2 is 1.86 bits per heavy atom. The smallest absolute Gasteiger partial charge is 0.257 e. The van der Waals surface area contributed by atoms with E-state index in [9.17, 15) is 4.79 Å². The monoisotopic (exact) mass is 395 g/mol. The molecule has 0 unspecified atom stereocenters. The number of aryl methyl sites for hydroxylation is 2. The Balaban J connectivity index is 1.66. The molecule has 0 aliphatic carbocycles. The summed E-state index contributed by atoms with van der Waals surface area (Å²) in [7, 11) is 0. The molecule has 28 heavy (non-hydrogen) atoms. The summed E-state index contributed by atoms with van der Waals surface area (Å²) >= 11 is 6.49. The molecule has 2 aliphatic heterocycles. The molecule has 4 nitrogen and oxygen atoms in total. The Labute approximate surface area is 171 Å². The number of halogens is 1. The lowest BCUT2D eigenvalue weighted by molar-refractivity contribution is -0.134.